The maximum absolute atomic E-state index is 10.7. The van der Waals surface area contributed by atoms with Gasteiger partial charge in [0.05, 0.1) is 0 Å². The SMILES string of the molecule is NC(=O)C=Cc1ccc(C(N)=O)cc1. The van der Waals surface area contributed by atoms with Crippen molar-refractivity contribution in [3.63, 3.8) is 0 Å². The zero-order chi connectivity index (χ0) is 10.6. The molecule has 0 aliphatic rings. The molecule has 0 saturated heterocycles. The summed E-state index contributed by atoms with van der Waals surface area (Å²) in [6.45, 7) is 0. The number of nitrogens with two attached hydrogens (primary N) is 2. The van der Waals surface area contributed by atoms with Gasteiger partial charge in [0.15, 0.2) is 0 Å². The number of primary amides is 2. The molecule has 4 nitrogen and oxygen atoms in total. The predicted molar refractivity (Wildman–Crippen MR) is 53.2 cm³/mol. The lowest BCUT2D eigenvalue weighted by Crippen LogP contribution is -2.10. The van der Waals surface area contributed by atoms with Crippen LogP contribution in [0.3, 0.4) is 0 Å². The molecule has 2 amide bonds. The van der Waals surface area contributed by atoms with Crippen LogP contribution in [-0.2, 0) is 4.79 Å². The highest BCUT2D eigenvalue weighted by Crippen LogP contribution is 2.05. The second-order valence-electron chi connectivity index (χ2n) is 2.72. The maximum Gasteiger partial charge on any atom is 0.248 e. The molecule has 14 heavy (non-hydrogen) atoms. The van der Waals surface area contributed by atoms with Crippen LogP contribution in [0, 0.1) is 0 Å². The molecule has 4 heteroatoms. The average Bonchev–Trinajstić information content (AvgIpc) is 2.15. The summed E-state index contributed by atoms with van der Waals surface area (Å²) in [6, 6.07) is 6.53. The lowest BCUT2D eigenvalue weighted by Gasteiger charge is -1.95. The first-order chi connectivity index (χ1) is 6.59. The monoisotopic (exact) mass is 190 g/mol. The van der Waals surface area contributed by atoms with Crippen molar-refractivity contribution in [1.82, 2.24) is 0 Å². The number of rotatable bonds is 3. The number of carbonyl (C=O) groups is 2. The molecule has 0 fully saturated rings. The van der Waals surface area contributed by atoms with Crippen LogP contribution in [0.25, 0.3) is 6.08 Å². The van der Waals surface area contributed by atoms with E-state index < -0.39 is 11.8 Å². The van der Waals surface area contributed by atoms with Crippen LogP contribution < -0.4 is 11.5 Å². The molecule has 0 heterocycles. The van der Waals surface area contributed by atoms with Crippen molar-refractivity contribution in [3.05, 3.63) is 41.5 Å². The van der Waals surface area contributed by atoms with Crippen molar-refractivity contribution >= 4 is 17.9 Å². The lowest BCUT2D eigenvalue weighted by molar-refractivity contribution is -0.113. The van der Waals surface area contributed by atoms with Gasteiger partial charge >= 0.3 is 0 Å². The number of benzene rings is 1. The van der Waals surface area contributed by atoms with E-state index in [1.165, 1.54) is 6.08 Å². The second kappa shape index (κ2) is 4.23. The van der Waals surface area contributed by atoms with Crippen LogP contribution in [0.4, 0.5) is 0 Å². The zero-order valence-corrected chi connectivity index (χ0v) is 7.44. The molecule has 0 saturated carbocycles. The highest BCUT2D eigenvalue weighted by molar-refractivity contribution is 5.93. The summed E-state index contributed by atoms with van der Waals surface area (Å²) in [4.78, 5) is 21.1. The van der Waals surface area contributed by atoms with E-state index in [0.29, 0.717) is 5.56 Å². The van der Waals surface area contributed by atoms with Crippen molar-refractivity contribution in [1.29, 1.82) is 0 Å². The Morgan fingerprint density at radius 1 is 1.07 bits per heavy atom. The first-order valence-corrected chi connectivity index (χ1v) is 3.97. The van der Waals surface area contributed by atoms with E-state index in [9.17, 15) is 9.59 Å². The predicted octanol–water partition coefficient (Wildman–Crippen LogP) is 0.284. The van der Waals surface area contributed by atoms with Crippen LogP contribution >= 0.6 is 0 Å². The van der Waals surface area contributed by atoms with Gasteiger partial charge in [-0.2, -0.15) is 0 Å². The Bertz CT molecular complexity index is 380. The van der Waals surface area contributed by atoms with Crippen molar-refractivity contribution in [2.45, 2.75) is 0 Å². The van der Waals surface area contributed by atoms with E-state index in [-0.39, 0.29) is 0 Å². The second-order valence-corrected chi connectivity index (χ2v) is 2.72. The number of hydrogen-bond donors (Lipinski definition) is 2. The molecule has 0 atom stereocenters. The smallest absolute Gasteiger partial charge is 0.248 e. The highest BCUT2D eigenvalue weighted by Gasteiger charge is 1.97. The molecule has 1 aromatic rings. The maximum atomic E-state index is 10.7. The van der Waals surface area contributed by atoms with Crippen LogP contribution in [0.1, 0.15) is 15.9 Å². The number of carbonyl (C=O) groups excluding carboxylic acids is 2. The van der Waals surface area contributed by atoms with Gasteiger partial charge in [0.2, 0.25) is 11.8 Å². The first kappa shape index (κ1) is 9.98. The normalized spacial score (nSPS) is 10.3. The average molecular weight is 190 g/mol. The molecule has 0 aromatic heterocycles. The minimum absolute atomic E-state index is 0.432. The minimum Gasteiger partial charge on any atom is -0.366 e. The van der Waals surface area contributed by atoms with Gasteiger partial charge in [-0.05, 0) is 23.8 Å². The van der Waals surface area contributed by atoms with Crippen molar-refractivity contribution in [2.24, 2.45) is 11.5 Å². The van der Waals surface area contributed by atoms with Gasteiger partial charge in [-0.25, -0.2) is 0 Å². The summed E-state index contributed by atoms with van der Waals surface area (Å²) < 4.78 is 0. The molecule has 0 unspecified atom stereocenters. The summed E-state index contributed by atoms with van der Waals surface area (Å²) in [7, 11) is 0. The van der Waals surface area contributed by atoms with Gasteiger partial charge in [-0.15, -0.1) is 0 Å². The van der Waals surface area contributed by atoms with E-state index in [1.807, 2.05) is 0 Å². The number of hydrogen-bond acceptors (Lipinski definition) is 2. The third-order valence-corrected chi connectivity index (χ3v) is 1.64. The Morgan fingerprint density at radius 3 is 2.07 bits per heavy atom. The van der Waals surface area contributed by atoms with Gasteiger partial charge in [-0.3, -0.25) is 9.59 Å². The van der Waals surface area contributed by atoms with Crippen LogP contribution in [0.2, 0.25) is 0 Å². The van der Waals surface area contributed by atoms with Crippen LogP contribution in [0.5, 0.6) is 0 Å². The molecule has 4 N–H and O–H groups in total. The van der Waals surface area contributed by atoms with Gasteiger partial charge in [0.25, 0.3) is 0 Å². The Morgan fingerprint density at radius 2 is 1.64 bits per heavy atom. The molecule has 0 aliphatic heterocycles. The number of amides is 2. The largest absolute Gasteiger partial charge is 0.366 e. The fourth-order valence-corrected chi connectivity index (χ4v) is 0.937. The van der Waals surface area contributed by atoms with Gasteiger partial charge < -0.3 is 11.5 Å². The summed E-state index contributed by atoms with van der Waals surface area (Å²) in [5.74, 6) is -0.987. The van der Waals surface area contributed by atoms with Crippen molar-refractivity contribution in [3.8, 4) is 0 Å². The zero-order valence-electron chi connectivity index (χ0n) is 7.44. The summed E-state index contributed by atoms with van der Waals surface area (Å²) >= 11 is 0. The molecule has 72 valence electrons. The van der Waals surface area contributed by atoms with E-state index in [2.05, 4.69) is 0 Å². The standard InChI is InChI=1S/C10H10N2O2/c11-9(13)6-3-7-1-4-8(5-2-7)10(12)14/h1-6H,(H2,11,13)(H2,12,14). The van der Waals surface area contributed by atoms with E-state index in [4.69, 9.17) is 11.5 Å². The molecular weight excluding hydrogens is 180 g/mol. The van der Waals surface area contributed by atoms with Crippen LogP contribution in [0.15, 0.2) is 30.3 Å². The third kappa shape index (κ3) is 2.75. The molecule has 0 radical (unpaired) electrons. The van der Waals surface area contributed by atoms with Crippen LogP contribution in [-0.4, -0.2) is 11.8 Å². The molecule has 1 rings (SSSR count). The fraction of sp³-hybridized carbons (Fsp3) is 0. The van der Waals surface area contributed by atoms with Gasteiger partial charge in [0.1, 0.15) is 0 Å². The summed E-state index contributed by atoms with van der Waals surface area (Å²) in [5.41, 5.74) is 11.2. The molecule has 0 aliphatic carbocycles. The van der Waals surface area contributed by atoms with Gasteiger partial charge in [-0.1, -0.05) is 12.1 Å². The molecule has 0 spiro atoms. The third-order valence-electron chi connectivity index (χ3n) is 1.64. The van der Waals surface area contributed by atoms with Crippen molar-refractivity contribution in [2.75, 3.05) is 0 Å². The Hall–Kier alpha value is -2.10. The highest BCUT2D eigenvalue weighted by atomic mass is 16.1. The summed E-state index contributed by atoms with van der Waals surface area (Å²) in [5, 5.41) is 0. The first-order valence-electron chi connectivity index (χ1n) is 3.97. The molecule has 1 aromatic carbocycles. The quantitative estimate of drug-likeness (QED) is 0.671. The Labute approximate surface area is 81.2 Å². The Kier molecular flexibility index (Phi) is 3.01. The molecule has 0 bridgehead atoms. The molecular formula is C10H10N2O2. The minimum atomic E-state index is -0.510. The summed E-state index contributed by atoms with van der Waals surface area (Å²) in [6.07, 6.45) is 2.81. The van der Waals surface area contributed by atoms with Gasteiger partial charge in [0, 0.05) is 11.6 Å². The van der Waals surface area contributed by atoms with E-state index in [1.54, 1.807) is 30.3 Å². The van der Waals surface area contributed by atoms with E-state index >= 15 is 0 Å². The van der Waals surface area contributed by atoms with Crippen molar-refractivity contribution < 1.29 is 9.59 Å². The van der Waals surface area contributed by atoms with E-state index in [0.717, 1.165) is 5.56 Å². The topological polar surface area (TPSA) is 86.2 Å². The fourth-order valence-electron chi connectivity index (χ4n) is 0.937. The lowest BCUT2D eigenvalue weighted by atomic mass is 10.1. The Balaban J connectivity index is 2.83.